The first-order chi connectivity index (χ1) is 14.1. The van der Waals surface area contributed by atoms with Gasteiger partial charge in [-0.2, -0.15) is 0 Å². The first-order valence-electron chi connectivity index (χ1n) is 9.55. The van der Waals surface area contributed by atoms with Crippen molar-refractivity contribution in [2.75, 3.05) is 0 Å². The molecule has 29 heavy (non-hydrogen) atoms. The fourth-order valence-electron chi connectivity index (χ4n) is 3.65. The Kier molecular flexibility index (Phi) is 5.04. The molecule has 0 unspecified atom stereocenters. The van der Waals surface area contributed by atoms with Crippen LogP contribution < -0.4 is 0 Å². The van der Waals surface area contributed by atoms with E-state index in [4.69, 9.17) is 4.42 Å². The molecule has 146 valence electrons. The molecule has 3 aromatic rings. The van der Waals surface area contributed by atoms with E-state index in [-0.39, 0.29) is 17.9 Å². The zero-order valence-electron chi connectivity index (χ0n) is 16.0. The number of aliphatic hydroxyl groups excluding tert-OH is 1. The van der Waals surface area contributed by atoms with Crippen molar-refractivity contribution >= 4 is 17.4 Å². The number of aryl methyl sites for hydroxylation is 1. The first-order valence-corrected chi connectivity index (χ1v) is 9.55. The van der Waals surface area contributed by atoms with E-state index in [0.717, 1.165) is 17.5 Å². The second kappa shape index (κ2) is 7.80. The highest BCUT2D eigenvalue weighted by Crippen LogP contribution is 2.40. The van der Waals surface area contributed by atoms with Crippen LogP contribution in [-0.4, -0.2) is 21.7 Å². The Labute approximate surface area is 168 Å². The second-order valence-electron chi connectivity index (χ2n) is 6.97. The van der Waals surface area contributed by atoms with E-state index in [1.165, 1.54) is 11.2 Å². The summed E-state index contributed by atoms with van der Waals surface area (Å²) in [7, 11) is 0. The number of ketones is 1. The third kappa shape index (κ3) is 3.47. The fraction of sp³-hybridized carbons (Fsp3) is 0.167. The van der Waals surface area contributed by atoms with Gasteiger partial charge >= 0.3 is 0 Å². The molecule has 2 aromatic carbocycles. The minimum atomic E-state index is -0.692. The van der Waals surface area contributed by atoms with Crippen molar-refractivity contribution in [3.05, 3.63) is 101 Å². The van der Waals surface area contributed by atoms with Crippen molar-refractivity contribution < 1.29 is 19.1 Å². The van der Waals surface area contributed by atoms with E-state index in [9.17, 15) is 14.7 Å². The van der Waals surface area contributed by atoms with Gasteiger partial charge < -0.3 is 14.4 Å². The van der Waals surface area contributed by atoms with Crippen molar-refractivity contribution in [1.82, 2.24) is 4.90 Å². The molecule has 1 N–H and O–H groups in total. The van der Waals surface area contributed by atoms with Gasteiger partial charge in [-0.25, -0.2) is 0 Å². The molecule has 2 heterocycles. The number of rotatable bonds is 5. The molecule has 1 aliphatic rings. The molecule has 1 amide bonds. The normalized spacial score (nSPS) is 18.4. The minimum Gasteiger partial charge on any atom is -0.507 e. The number of hydrogen-bond donors (Lipinski definition) is 1. The maximum Gasteiger partial charge on any atom is 0.296 e. The Morgan fingerprint density at radius 3 is 2.34 bits per heavy atom. The third-order valence-corrected chi connectivity index (χ3v) is 5.20. The lowest BCUT2D eigenvalue weighted by molar-refractivity contribution is -0.140. The molecule has 5 heteroatoms. The van der Waals surface area contributed by atoms with E-state index in [2.05, 4.69) is 6.92 Å². The smallest absolute Gasteiger partial charge is 0.296 e. The number of hydrogen-bond acceptors (Lipinski definition) is 4. The SMILES string of the molecule is CCc1ccc([C@@H]2C(=C(O)c3ccccc3)C(=O)C(=O)N2Cc2ccco2)cc1. The summed E-state index contributed by atoms with van der Waals surface area (Å²) in [5.41, 5.74) is 2.51. The van der Waals surface area contributed by atoms with Crippen LogP contribution >= 0.6 is 0 Å². The van der Waals surface area contributed by atoms with E-state index >= 15 is 0 Å². The number of Topliss-reactive ketones (excluding diaryl/α,β-unsaturated/α-hetero) is 1. The summed E-state index contributed by atoms with van der Waals surface area (Å²) in [5, 5.41) is 10.9. The number of carbonyl (C=O) groups excluding carboxylic acids is 2. The third-order valence-electron chi connectivity index (χ3n) is 5.20. The van der Waals surface area contributed by atoms with Crippen molar-refractivity contribution in [1.29, 1.82) is 0 Å². The Hall–Kier alpha value is -3.60. The Morgan fingerprint density at radius 1 is 1.00 bits per heavy atom. The van der Waals surface area contributed by atoms with Crippen LogP contribution in [0.2, 0.25) is 0 Å². The molecule has 1 aliphatic heterocycles. The summed E-state index contributed by atoms with van der Waals surface area (Å²) in [6.07, 6.45) is 2.41. The van der Waals surface area contributed by atoms with Crippen molar-refractivity contribution in [2.24, 2.45) is 0 Å². The molecule has 1 fully saturated rings. The average molecular weight is 387 g/mol. The zero-order valence-corrected chi connectivity index (χ0v) is 16.0. The van der Waals surface area contributed by atoms with Crippen LogP contribution in [0.4, 0.5) is 0 Å². The van der Waals surface area contributed by atoms with Crippen LogP contribution in [0, 0.1) is 0 Å². The highest BCUT2D eigenvalue weighted by atomic mass is 16.3. The van der Waals surface area contributed by atoms with Crippen LogP contribution in [0.1, 0.15) is 35.4 Å². The monoisotopic (exact) mass is 387 g/mol. The van der Waals surface area contributed by atoms with Gasteiger partial charge in [0.25, 0.3) is 11.7 Å². The molecule has 0 saturated carbocycles. The van der Waals surface area contributed by atoms with Crippen molar-refractivity contribution in [2.45, 2.75) is 25.9 Å². The van der Waals surface area contributed by atoms with Gasteiger partial charge in [-0.05, 0) is 29.7 Å². The Bertz CT molecular complexity index is 1050. The first kappa shape index (κ1) is 18.7. The van der Waals surface area contributed by atoms with Gasteiger partial charge in [-0.15, -0.1) is 0 Å². The molecule has 5 nitrogen and oxygen atoms in total. The fourth-order valence-corrected chi connectivity index (χ4v) is 3.65. The summed E-state index contributed by atoms with van der Waals surface area (Å²) in [5.74, 6) is -0.942. The van der Waals surface area contributed by atoms with Gasteiger partial charge in [0.15, 0.2) is 0 Å². The standard InChI is InChI=1S/C24H21NO4/c1-2-16-10-12-17(13-11-16)21-20(22(26)18-7-4-3-5-8-18)23(27)24(28)25(21)15-19-9-6-14-29-19/h3-14,21,26H,2,15H2,1H3/t21-/m1/s1. The number of benzene rings is 2. The van der Waals surface area contributed by atoms with Gasteiger partial charge in [0.1, 0.15) is 11.5 Å². The molecule has 0 bridgehead atoms. The van der Waals surface area contributed by atoms with Crippen LogP contribution in [0.25, 0.3) is 5.76 Å². The van der Waals surface area contributed by atoms with Crippen LogP contribution in [-0.2, 0) is 22.6 Å². The number of furan rings is 1. The van der Waals surface area contributed by atoms with Gasteiger partial charge in [-0.3, -0.25) is 9.59 Å². The molecule has 1 aromatic heterocycles. The lowest BCUT2D eigenvalue weighted by atomic mass is 9.94. The van der Waals surface area contributed by atoms with E-state index in [1.54, 1.807) is 36.4 Å². The number of amides is 1. The van der Waals surface area contributed by atoms with E-state index in [0.29, 0.717) is 11.3 Å². The lowest BCUT2D eigenvalue weighted by Crippen LogP contribution is -2.29. The summed E-state index contributed by atoms with van der Waals surface area (Å²) < 4.78 is 5.40. The average Bonchev–Trinajstić information content (AvgIpc) is 3.36. The molecule has 0 aliphatic carbocycles. The van der Waals surface area contributed by atoms with Crippen LogP contribution in [0.15, 0.2) is 83.0 Å². The predicted octanol–water partition coefficient (Wildman–Crippen LogP) is 4.46. The highest BCUT2D eigenvalue weighted by molar-refractivity contribution is 6.46. The second-order valence-corrected chi connectivity index (χ2v) is 6.97. The summed E-state index contributed by atoms with van der Waals surface area (Å²) in [6.45, 7) is 2.21. The Balaban J connectivity index is 1.85. The maximum absolute atomic E-state index is 12.9. The number of likely N-dealkylation sites (tertiary alicyclic amines) is 1. The van der Waals surface area contributed by atoms with Gasteiger partial charge in [0, 0.05) is 5.56 Å². The molecular formula is C24H21NO4. The highest BCUT2D eigenvalue weighted by Gasteiger charge is 2.46. The molecule has 4 rings (SSSR count). The van der Waals surface area contributed by atoms with E-state index < -0.39 is 17.7 Å². The van der Waals surface area contributed by atoms with Crippen LogP contribution in [0.5, 0.6) is 0 Å². The van der Waals surface area contributed by atoms with Gasteiger partial charge in [0.05, 0.1) is 24.4 Å². The minimum absolute atomic E-state index is 0.0944. The largest absolute Gasteiger partial charge is 0.507 e. The predicted molar refractivity (Wildman–Crippen MR) is 109 cm³/mol. The van der Waals surface area contributed by atoms with Gasteiger partial charge in [0.2, 0.25) is 0 Å². The lowest BCUT2D eigenvalue weighted by Gasteiger charge is -2.24. The number of aliphatic hydroxyl groups is 1. The summed E-state index contributed by atoms with van der Waals surface area (Å²) in [6, 6.07) is 19.4. The van der Waals surface area contributed by atoms with Crippen molar-refractivity contribution in [3.8, 4) is 0 Å². The summed E-state index contributed by atoms with van der Waals surface area (Å²) in [4.78, 5) is 27.3. The molecule has 0 spiro atoms. The molecule has 0 radical (unpaired) electrons. The quantitative estimate of drug-likeness (QED) is 0.398. The zero-order chi connectivity index (χ0) is 20.4. The molecule has 1 atom stereocenters. The summed E-state index contributed by atoms with van der Waals surface area (Å²) >= 11 is 0. The van der Waals surface area contributed by atoms with E-state index in [1.807, 2.05) is 30.3 Å². The number of nitrogens with zero attached hydrogens (tertiary/aromatic N) is 1. The Morgan fingerprint density at radius 2 is 1.72 bits per heavy atom. The number of carbonyl (C=O) groups is 2. The molecular weight excluding hydrogens is 366 g/mol. The molecule has 1 saturated heterocycles. The van der Waals surface area contributed by atoms with Crippen molar-refractivity contribution in [3.63, 3.8) is 0 Å². The van der Waals surface area contributed by atoms with Gasteiger partial charge in [-0.1, -0.05) is 61.5 Å². The topological polar surface area (TPSA) is 70.8 Å². The maximum atomic E-state index is 12.9. The van der Waals surface area contributed by atoms with Crippen LogP contribution in [0.3, 0.4) is 0 Å².